The number of benzene rings is 1. The molecule has 2 atom stereocenters. The third-order valence-electron chi connectivity index (χ3n) is 3.22. The molecular formula is C14H18F2N2O2. The van der Waals surface area contributed by atoms with Gasteiger partial charge in [0.25, 0.3) is 5.91 Å². The smallest absolute Gasteiger partial charge is 0.261 e. The molecule has 1 aromatic carbocycles. The first kappa shape index (κ1) is 14.7. The van der Waals surface area contributed by atoms with Crippen LogP contribution in [0.2, 0.25) is 0 Å². The molecule has 1 fully saturated rings. The molecule has 0 aliphatic carbocycles. The third-order valence-corrected chi connectivity index (χ3v) is 3.22. The van der Waals surface area contributed by atoms with Gasteiger partial charge >= 0.3 is 0 Å². The SMILES string of the molecule is CC(Oc1ccc(F)c(F)c1)C(=O)N[C@H]1CCCNC1. The average molecular weight is 284 g/mol. The van der Waals surface area contributed by atoms with Gasteiger partial charge in [-0.3, -0.25) is 4.79 Å². The van der Waals surface area contributed by atoms with E-state index >= 15 is 0 Å². The molecule has 0 bridgehead atoms. The van der Waals surface area contributed by atoms with Crippen molar-refractivity contribution in [1.29, 1.82) is 0 Å². The van der Waals surface area contributed by atoms with Crippen LogP contribution in [0.1, 0.15) is 19.8 Å². The van der Waals surface area contributed by atoms with E-state index in [9.17, 15) is 13.6 Å². The van der Waals surface area contributed by atoms with Crippen LogP contribution in [0.25, 0.3) is 0 Å². The summed E-state index contributed by atoms with van der Waals surface area (Å²) in [5.41, 5.74) is 0. The summed E-state index contributed by atoms with van der Waals surface area (Å²) in [7, 11) is 0. The van der Waals surface area contributed by atoms with Gasteiger partial charge in [0.1, 0.15) is 5.75 Å². The van der Waals surface area contributed by atoms with Gasteiger partial charge in [0.15, 0.2) is 17.7 Å². The summed E-state index contributed by atoms with van der Waals surface area (Å²) >= 11 is 0. The van der Waals surface area contributed by atoms with Gasteiger partial charge in [-0.05, 0) is 38.4 Å². The molecule has 6 heteroatoms. The van der Waals surface area contributed by atoms with Crippen molar-refractivity contribution in [2.24, 2.45) is 0 Å². The van der Waals surface area contributed by atoms with Crippen LogP contribution in [0.4, 0.5) is 8.78 Å². The maximum Gasteiger partial charge on any atom is 0.261 e. The molecule has 0 radical (unpaired) electrons. The molecule has 1 aliphatic rings. The van der Waals surface area contributed by atoms with Gasteiger partial charge in [-0.1, -0.05) is 0 Å². The lowest BCUT2D eigenvalue weighted by Crippen LogP contribution is -2.49. The lowest BCUT2D eigenvalue weighted by atomic mass is 10.1. The first-order valence-corrected chi connectivity index (χ1v) is 6.69. The van der Waals surface area contributed by atoms with Crippen LogP contribution < -0.4 is 15.4 Å². The van der Waals surface area contributed by atoms with E-state index in [0.717, 1.165) is 38.1 Å². The summed E-state index contributed by atoms with van der Waals surface area (Å²) in [5, 5.41) is 6.07. The van der Waals surface area contributed by atoms with E-state index in [4.69, 9.17) is 4.74 Å². The number of hydrogen-bond donors (Lipinski definition) is 2. The second-order valence-electron chi connectivity index (χ2n) is 4.89. The molecule has 2 N–H and O–H groups in total. The summed E-state index contributed by atoms with van der Waals surface area (Å²) in [6.45, 7) is 3.28. The number of carbonyl (C=O) groups is 1. The van der Waals surface area contributed by atoms with Crippen LogP contribution in [0.5, 0.6) is 5.75 Å². The number of carbonyl (C=O) groups excluding carboxylic acids is 1. The second-order valence-corrected chi connectivity index (χ2v) is 4.89. The van der Waals surface area contributed by atoms with Gasteiger partial charge in [-0.15, -0.1) is 0 Å². The van der Waals surface area contributed by atoms with Gasteiger partial charge in [0, 0.05) is 18.7 Å². The van der Waals surface area contributed by atoms with Gasteiger partial charge in [-0.2, -0.15) is 0 Å². The van der Waals surface area contributed by atoms with E-state index in [-0.39, 0.29) is 17.7 Å². The van der Waals surface area contributed by atoms with Crippen molar-refractivity contribution in [1.82, 2.24) is 10.6 Å². The number of ether oxygens (including phenoxy) is 1. The quantitative estimate of drug-likeness (QED) is 0.883. The Morgan fingerprint density at radius 1 is 1.45 bits per heavy atom. The van der Waals surface area contributed by atoms with Gasteiger partial charge in [-0.25, -0.2) is 8.78 Å². The molecule has 20 heavy (non-hydrogen) atoms. The number of amides is 1. The molecule has 4 nitrogen and oxygen atoms in total. The fourth-order valence-corrected chi connectivity index (χ4v) is 2.10. The number of hydrogen-bond acceptors (Lipinski definition) is 3. The zero-order chi connectivity index (χ0) is 14.5. The largest absolute Gasteiger partial charge is 0.481 e. The van der Waals surface area contributed by atoms with Crippen molar-refractivity contribution in [2.45, 2.75) is 31.9 Å². The highest BCUT2D eigenvalue weighted by Gasteiger charge is 2.20. The van der Waals surface area contributed by atoms with Crippen LogP contribution in [0, 0.1) is 11.6 Å². The molecule has 110 valence electrons. The minimum atomic E-state index is -0.994. The van der Waals surface area contributed by atoms with Crippen molar-refractivity contribution in [3.05, 3.63) is 29.8 Å². The predicted octanol–water partition coefficient (Wildman–Crippen LogP) is 1.60. The van der Waals surface area contributed by atoms with Gasteiger partial charge in [0.2, 0.25) is 0 Å². The van der Waals surface area contributed by atoms with E-state index in [1.54, 1.807) is 6.92 Å². The Kier molecular flexibility index (Phi) is 4.89. The van der Waals surface area contributed by atoms with Crippen molar-refractivity contribution in [3.63, 3.8) is 0 Å². The van der Waals surface area contributed by atoms with E-state index < -0.39 is 17.7 Å². The first-order chi connectivity index (χ1) is 9.56. The maximum atomic E-state index is 13.0. The minimum Gasteiger partial charge on any atom is -0.481 e. The molecule has 1 unspecified atom stereocenters. The molecule has 1 aliphatic heterocycles. The molecule has 0 spiro atoms. The molecule has 1 saturated heterocycles. The zero-order valence-electron chi connectivity index (χ0n) is 11.3. The van der Waals surface area contributed by atoms with E-state index in [0.29, 0.717) is 0 Å². The summed E-state index contributed by atoms with van der Waals surface area (Å²) < 4.78 is 31.1. The van der Waals surface area contributed by atoms with E-state index in [2.05, 4.69) is 10.6 Å². The summed E-state index contributed by atoms with van der Waals surface area (Å²) in [5.74, 6) is -2.06. The molecule has 1 heterocycles. The maximum absolute atomic E-state index is 13.0. The molecular weight excluding hydrogens is 266 g/mol. The van der Waals surface area contributed by atoms with Crippen LogP contribution in [-0.4, -0.2) is 31.1 Å². The monoisotopic (exact) mass is 284 g/mol. The molecule has 2 rings (SSSR count). The molecule has 1 amide bonds. The van der Waals surface area contributed by atoms with Crippen LogP contribution in [-0.2, 0) is 4.79 Å². The van der Waals surface area contributed by atoms with Crippen molar-refractivity contribution in [3.8, 4) is 5.75 Å². The topological polar surface area (TPSA) is 50.4 Å². The standard InChI is InChI=1S/C14H18F2N2O2/c1-9(14(19)18-10-3-2-6-17-8-10)20-11-4-5-12(15)13(16)7-11/h4-5,7,9-10,17H,2-3,6,8H2,1H3,(H,18,19)/t9?,10-/m0/s1. The Labute approximate surface area is 116 Å². The van der Waals surface area contributed by atoms with Gasteiger partial charge in [0.05, 0.1) is 0 Å². The normalized spacial score (nSPS) is 20.2. The number of halogens is 2. The van der Waals surface area contributed by atoms with Crippen LogP contribution >= 0.6 is 0 Å². The first-order valence-electron chi connectivity index (χ1n) is 6.69. The Morgan fingerprint density at radius 2 is 2.25 bits per heavy atom. The predicted molar refractivity (Wildman–Crippen MR) is 70.5 cm³/mol. The molecule has 0 aromatic heterocycles. The van der Waals surface area contributed by atoms with Gasteiger partial charge < -0.3 is 15.4 Å². The summed E-state index contributed by atoms with van der Waals surface area (Å²) in [6, 6.07) is 3.29. The Balaban J connectivity index is 1.88. The second kappa shape index (κ2) is 6.65. The van der Waals surface area contributed by atoms with Crippen LogP contribution in [0.3, 0.4) is 0 Å². The molecule has 1 aromatic rings. The highest BCUT2D eigenvalue weighted by Crippen LogP contribution is 2.17. The van der Waals surface area contributed by atoms with Crippen molar-refractivity contribution in [2.75, 3.05) is 13.1 Å². The zero-order valence-corrected chi connectivity index (χ0v) is 11.3. The average Bonchev–Trinajstić information content (AvgIpc) is 2.44. The lowest BCUT2D eigenvalue weighted by Gasteiger charge is -2.25. The van der Waals surface area contributed by atoms with Crippen molar-refractivity contribution >= 4 is 5.91 Å². The molecule has 0 saturated carbocycles. The summed E-state index contributed by atoms with van der Waals surface area (Å²) in [6.07, 6.45) is 1.18. The highest BCUT2D eigenvalue weighted by molar-refractivity contribution is 5.81. The number of rotatable bonds is 4. The minimum absolute atomic E-state index is 0.0900. The van der Waals surface area contributed by atoms with E-state index in [1.165, 1.54) is 6.07 Å². The Bertz CT molecular complexity index is 476. The number of nitrogens with one attached hydrogen (secondary N) is 2. The van der Waals surface area contributed by atoms with Crippen LogP contribution in [0.15, 0.2) is 18.2 Å². The fourth-order valence-electron chi connectivity index (χ4n) is 2.10. The fraction of sp³-hybridized carbons (Fsp3) is 0.500. The lowest BCUT2D eigenvalue weighted by molar-refractivity contribution is -0.128. The Hall–Kier alpha value is -1.69. The highest BCUT2D eigenvalue weighted by atomic mass is 19.2. The third kappa shape index (κ3) is 3.90. The Morgan fingerprint density at radius 3 is 2.90 bits per heavy atom. The van der Waals surface area contributed by atoms with E-state index in [1.807, 2.05) is 0 Å². The number of piperidine rings is 1. The summed E-state index contributed by atoms with van der Waals surface area (Å²) in [4.78, 5) is 11.9. The van der Waals surface area contributed by atoms with Crippen molar-refractivity contribution < 1.29 is 18.3 Å².